The van der Waals surface area contributed by atoms with Crippen LogP contribution in [0.1, 0.15) is 32.6 Å². The lowest BCUT2D eigenvalue weighted by atomic mass is 10.1. The fourth-order valence-corrected chi connectivity index (χ4v) is 2.42. The molecule has 2 unspecified atom stereocenters. The molecule has 0 radical (unpaired) electrons. The number of amides is 2. The van der Waals surface area contributed by atoms with Crippen LogP contribution in [-0.2, 0) is 9.59 Å². The molecule has 1 fully saturated rings. The number of carbonyl (C=O) groups excluding carboxylic acids is 2. The lowest BCUT2D eigenvalue weighted by Crippen LogP contribution is -2.23. The van der Waals surface area contributed by atoms with Crippen LogP contribution in [0.5, 0.6) is 0 Å². The van der Waals surface area contributed by atoms with E-state index in [1.807, 2.05) is 6.07 Å². The van der Waals surface area contributed by atoms with Crippen molar-refractivity contribution in [1.29, 1.82) is 0 Å². The average Bonchev–Trinajstić information content (AvgIpc) is 2.86. The SMILES string of the molecule is CCC(=O)Nc1cccc(NC(=O)C2CCC(N)C2)c1. The van der Waals surface area contributed by atoms with Gasteiger partial charge in [0.25, 0.3) is 0 Å². The molecule has 0 aromatic heterocycles. The maximum absolute atomic E-state index is 12.1. The highest BCUT2D eigenvalue weighted by Crippen LogP contribution is 2.26. The third-order valence-corrected chi connectivity index (χ3v) is 3.58. The Morgan fingerprint density at radius 3 is 2.55 bits per heavy atom. The molecule has 0 heterocycles. The molecule has 2 atom stereocenters. The van der Waals surface area contributed by atoms with Crippen molar-refractivity contribution in [3.63, 3.8) is 0 Å². The van der Waals surface area contributed by atoms with Crippen molar-refractivity contribution in [2.75, 3.05) is 10.6 Å². The minimum Gasteiger partial charge on any atom is -0.328 e. The van der Waals surface area contributed by atoms with E-state index in [2.05, 4.69) is 10.6 Å². The summed E-state index contributed by atoms with van der Waals surface area (Å²) >= 11 is 0. The van der Waals surface area contributed by atoms with E-state index in [0.29, 0.717) is 17.8 Å². The number of anilines is 2. The van der Waals surface area contributed by atoms with Crippen molar-refractivity contribution in [3.8, 4) is 0 Å². The summed E-state index contributed by atoms with van der Waals surface area (Å²) in [5.41, 5.74) is 7.21. The van der Waals surface area contributed by atoms with Gasteiger partial charge >= 0.3 is 0 Å². The molecule has 1 aromatic carbocycles. The highest BCUT2D eigenvalue weighted by Gasteiger charge is 2.27. The van der Waals surface area contributed by atoms with Crippen LogP contribution < -0.4 is 16.4 Å². The lowest BCUT2D eigenvalue weighted by Gasteiger charge is -2.12. The van der Waals surface area contributed by atoms with Crippen LogP contribution in [0.4, 0.5) is 11.4 Å². The molecule has 20 heavy (non-hydrogen) atoms. The van der Waals surface area contributed by atoms with E-state index in [4.69, 9.17) is 5.73 Å². The molecule has 1 aliphatic carbocycles. The molecule has 2 rings (SSSR count). The summed E-state index contributed by atoms with van der Waals surface area (Å²) < 4.78 is 0. The monoisotopic (exact) mass is 275 g/mol. The smallest absolute Gasteiger partial charge is 0.227 e. The van der Waals surface area contributed by atoms with Crippen LogP contribution in [0.25, 0.3) is 0 Å². The fraction of sp³-hybridized carbons (Fsp3) is 0.467. The zero-order valence-corrected chi connectivity index (χ0v) is 11.7. The highest BCUT2D eigenvalue weighted by molar-refractivity contribution is 5.95. The Labute approximate surface area is 118 Å². The number of nitrogens with two attached hydrogens (primary N) is 1. The number of carbonyl (C=O) groups is 2. The molecule has 4 N–H and O–H groups in total. The molecular weight excluding hydrogens is 254 g/mol. The minimum atomic E-state index is -0.0461. The van der Waals surface area contributed by atoms with Gasteiger partial charge in [0.1, 0.15) is 0 Å². The number of hydrogen-bond donors (Lipinski definition) is 3. The van der Waals surface area contributed by atoms with Crippen molar-refractivity contribution in [3.05, 3.63) is 24.3 Å². The van der Waals surface area contributed by atoms with Crippen molar-refractivity contribution >= 4 is 23.2 Å². The van der Waals surface area contributed by atoms with Gasteiger partial charge in [0, 0.05) is 29.8 Å². The van der Waals surface area contributed by atoms with Gasteiger partial charge in [-0.05, 0) is 37.5 Å². The van der Waals surface area contributed by atoms with Crippen LogP contribution in [0.3, 0.4) is 0 Å². The van der Waals surface area contributed by atoms with Crippen LogP contribution in [0.15, 0.2) is 24.3 Å². The first-order chi connectivity index (χ1) is 9.58. The zero-order valence-electron chi connectivity index (χ0n) is 11.7. The Balaban J connectivity index is 1.97. The molecule has 0 spiro atoms. The Kier molecular flexibility index (Phi) is 4.74. The number of rotatable bonds is 4. The quantitative estimate of drug-likeness (QED) is 0.786. The van der Waals surface area contributed by atoms with E-state index in [1.54, 1.807) is 25.1 Å². The molecule has 0 aliphatic heterocycles. The third kappa shape index (κ3) is 3.81. The predicted octanol–water partition coefficient (Wildman–Crippen LogP) is 2.10. The first-order valence-corrected chi connectivity index (χ1v) is 7.05. The second-order valence-electron chi connectivity index (χ2n) is 5.24. The van der Waals surface area contributed by atoms with Gasteiger partial charge in [0.2, 0.25) is 11.8 Å². The summed E-state index contributed by atoms with van der Waals surface area (Å²) in [4.78, 5) is 23.4. The first-order valence-electron chi connectivity index (χ1n) is 7.05. The molecule has 5 heteroatoms. The fourth-order valence-electron chi connectivity index (χ4n) is 2.42. The van der Waals surface area contributed by atoms with Crippen molar-refractivity contribution < 1.29 is 9.59 Å². The second kappa shape index (κ2) is 6.52. The molecule has 1 aliphatic rings. The molecule has 0 bridgehead atoms. The summed E-state index contributed by atoms with van der Waals surface area (Å²) in [6.45, 7) is 1.80. The molecule has 2 amide bonds. The van der Waals surface area contributed by atoms with Crippen LogP contribution in [-0.4, -0.2) is 17.9 Å². The standard InChI is InChI=1S/C15H21N3O2/c1-2-14(19)17-12-4-3-5-13(9-12)18-15(20)10-6-7-11(16)8-10/h3-5,9-11H,2,6-8,16H2,1H3,(H,17,19)(H,18,20). The van der Waals surface area contributed by atoms with E-state index in [-0.39, 0.29) is 23.8 Å². The number of benzene rings is 1. The Hall–Kier alpha value is -1.88. The highest BCUT2D eigenvalue weighted by atomic mass is 16.2. The van der Waals surface area contributed by atoms with Gasteiger partial charge in [-0.15, -0.1) is 0 Å². The van der Waals surface area contributed by atoms with Crippen LogP contribution in [0, 0.1) is 5.92 Å². The van der Waals surface area contributed by atoms with E-state index < -0.39 is 0 Å². The molecule has 1 saturated carbocycles. The summed E-state index contributed by atoms with van der Waals surface area (Å²) in [6, 6.07) is 7.32. The number of hydrogen-bond acceptors (Lipinski definition) is 3. The molecule has 1 aromatic rings. The van der Waals surface area contributed by atoms with Crippen molar-refractivity contribution in [1.82, 2.24) is 0 Å². The largest absolute Gasteiger partial charge is 0.328 e. The van der Waals surface area contributed by atoms with E-state index >= 15 is 0 Å². The van der Waals surface area contributed by atoms with Crippen LogP contribution in [0.2, 0.25) is 0 Å². The third-order valence-electron chi connectivity index (χ3n) is 3.58. The second-order valence-corrected chi connectivity index (χ2v) is 5.24. The zero-order chi connectivity index (χ0) is 14.5. The van der Waals surface area contributed by atoms with Crippen LogP contribution >= 0.6 is 0 Å². The van der Waals surface area contributed by atoms with Crippen molar-refractivity contribution in [2.45, 2.75) is 38.6 Å². The molecule has 5 nitrogen and oxygen atoms in total. The van der Waals surface area contributed by atoms with Gasteiger partial charge < -0.3 is 16.4 Å². The van der Waals surface area contributed by atoms with E-state index in [0.717, 1.165) is 19.3 Å². The molecule has 108 valence electrons. The van der Waals surface area contributed by atoms with Gasteiger partial charge in [-0.1, -0.05) is 13.0 Å². The summed E-state index contributed by atoms with van der Waals surface area (Å²) in [7, 11) is 0. The van der Waals surface area contributed by atoms with Gasteiger partial charge in [0.05, 0.1) is 0 Å². The average molecular weight is 275 g/mol. The van der Waals surface area contributed by atoms with Gasteiger partial charge in [-0.3, -0.25) is 9.59 Å². The Bertz CT molecular complexity index is 502. The maximum Gasteiger partial charge on any atom is 0.227 e. The topological polar surface area (TPSA) is 84.2 Å². The molecule has 0 saturated heterocycles. The van der Waals surface area contributed by atoms with Gasteiger partial charge in [0.15, 0.2) is 0 Å². The Morgan fingerprint density at radius 2 is 1.95 bits per heavy atom. The van der Waals surface area contributed by atoms with Gasteiger partial charge in [-0.25, -0.2) is 0 Å². The summed E-state index contributed by atoms with van der Waals surface area (Å²) in [6.07, 6.45) is 2.93. The van der Waals surface area contributed by atoms with Crippen molar-refractivity contribution in [2.24, 2.45) is 11.7 Å². The summed E-state index contributed by atoms with van der Waals surface area (Å²) in [5, 5.41) is 5.66. The molecular formula is C15H21N3O2. The minimum absolute atomic E-state index is 0.00103. The Morgan fingerprint density at radius 1 is 1.25 bits per heavy atom. The lowest BCUT2D eigenvalue weighted by molar-refractivity contribution is -0.119. The number of nitrogens with one attached hydrogen (secondary N) is 2. The maximum atomic E-state index is 12.1. The predicted molar refractivity (Wildman–Crippen MR) is 79.3 cm³/mol. The van der Waals surface area contributed by atoms with Gasteiger partial charge in [-0.2, -0.15) is 0 Å². The normalized spacial score (nSPS) is 21.5. The summed E-state index contributed by atoms with van der Waals surface area (Å²) in [5.74, 6) is -0.0361. The van der Waals surface area contributed by atoms with E-state index in [1.165, 1.54) is 0 Å². The first kappa shape index (κ1) is 14.5. The van der Waals surface area contributed by atoms with E-state index in [9.17, 15) is 9.59 Å².